The summed E-state index contributed by atoms with van der Waals surface area (Å²) < 4.78 is 0. The second kappa shape index (κ2) is 5.81. The number of allylic oxidation sites excluding steroid dienone is 1. The summed E-state index contributed by atoms with van der Waals surface area (Å²) in [7, 11) is 0. The van der Waals surface area contributed by atoms with E-state index < -0.39 is 0 Å². The van der Waals surface area contributed by atoms with E-state index in [2.05, 4.69) is 61.5 Å². The molecule has 0 saturated heterocycles. The Morgan fingerprint density at radius 2 is 1.74 bits per heavy atom. The minimum Gasteiger partial charge on any atom is -0.299 e. The molecule has 0 amide bonds. The maximum atomic E-state index is 12.6. The predicted octanol–water partition coefficient (Wildman–Crippen LogP) is 5.39. The van der Waals surface area contributed by atoms with Gasteiger partial charge in [0, 0.05) is 18.3 Å². The van der Waals surface area contributed by atoms with Crippen LogP contribution >= 0.6 is 0 Å². The quantitative estimate of drug-likeness (QED) is 0.726. The lowest BCUT2D eigenvalue weighted by atomic mass is 9.73. The molecule has 1 nitrogen and oxygen atoms in total. The molecular formula is C22H22O. The van der Waals surface area contributed by atoms with Crippen LogP contribution in [0.4, 0.5) is 0 Å². The van der Waals surface area contributed by atoms with E-state index in [-0.39, 0.29) is 11.8 Å². The summed E-state index contributed by atoms with van der Waals surface area (Å²) in [5.74, 6) is 0.845. The molecule has 2 aliphatic carbocycles. The van der Waals surface area contributed by atoms with Gasteiger partial charge in [0.05, 0.1) is 0 Å². The van der Waals surface area contributed by atoms with Crippen molar-refractivity contribution in [1.82, 2.24) is 0 Å². The summed E-state index contributed by atoms with van der Waals surface area (Å²) in [6.07, 6.45) is 6.32. The van der Waals surface area contributed by atoms with Crippen LogP contribution in [-0.4, -0.2) is 5.78 Å². The monoisotopic (exact) mass is 302 g/mol. The summed E-state index contributed by atoms with van der Waals surface area (Å²) in [5, 5.41) is 0. The molecule has 23 heavy (non-hydrogen) atoms. The Hall–Kier alpha value is -2.15. The molecule has 0 N–H and O–H groups in total. The van der Waals surface area contributed by atoms with Crippen molar-refractivity contribution in [3.05, 3.63) is 70.8 Å². The Bertz CT molecular complexity index is 767. The first-order valence-corrected chi connectivity index (χ1v) is 8.64. The summed E-state index contributed by atoms with van der Waals surface area (Å²) in [5.41, 5.74) is 6.48. The van der Waals surface area contributed by atoms with E-state index >= 15 is 0 Å². The molecule has 2 aromatic rings. The van der Waals surface area contributed by atoms with Crippen molar-refractivity contribution in [2.75, 3.05) is 0 Å². The minimum atomic E-state index is 0.153. The molecule has 1 saturated carbocycles. The lowest BCUT2D eigenvalue weighted by Gasteiger charge is -2.29. The molecular weight excluding hydrogens is 280 g/mol. The van der Waals surface area contributed by atoms with Gasteiger partial charge in [-0.3, -0.25) is 4.79 Å². The third-order valence-corrected chi connectivity index (χ3v) is 5.37. The van der Waals surface area contributed by atoms with E-state index in [1.54, 1.807) is 0 Å². The van der Waals surface area contributed by atoms with Crippen molar-refractivity contribution < 1.29 is 4.79 Å². The lowest BCUT2D eigenvalue weighted by Crippen LogP contribution is -2.25. The number of aryl methyl sites for hydroxylation is 1. The van der Waals surface area contributed by atoms with Gasteiger partial charge in [-0.25, -0.2) is 0 Å². The van der Waals surface area contributed by atoms with Crippen LogP contribution in [0.3, 0.4) is 0 Å². The Morgan fingerprint density at radius 3 is 2.52 bits per heavy atom. The van der Waals surface area contributed by atoms with Gasteiger partial charge < -0.3 is 0 Å². The van der Waals surface area contributed by atoms with E-state index in [0.717, 1.165) is 19.3 Å². The van der Waals surface area contributed by atoms with Gasteiger partial charge in [-0.1, -0.05) is 66.6 Å². The summed E-state index contributed by atoms with van der Waals surface area (Å²) in [6, 6.07) is 17.3. The zero-order chi connectivity index (χ0) is 15.8. The standard InChI is InChI=1S/C22H22O/c1-15-10-12-16(13-11-15)20-14-17-6-2-3-7-18(17)22(20)19-8-4-5-9-21(19)23/h2-3,6-7,10-14,19,22H,4-5,8-9H2,1H3/t19-,22+/m1/s1. The molecule has 1 fully saturated rings. The number of hydrogen-bond donors (Lipinski definition) is 0. The number of hydrogen-bond acceptors (Lipinski definition) is 1. The van der Waals surface area contributed by atoms with Crippen LogP contribution in [0.5, 0.6) is 0 Å². The van der Waals surface area contributed by atoms with Crippen LogP contribution in [0.1, 0.15) is 53.9 Å². The number of rotatable bonds is 2. The smallest absolute Gasteiger partial charge is 0.136 e. The van der Waals surface area contributed by atoms with Gasteiger partial charge >= 0.3 is 0 Å². The fraction of sp³-hybridized carbons (Fsp3) is 0.318. The number of Topliss-reactive ketones (excluding diaryl/α,β-unsaturated/α-hetero) is 1. The van der Waals surface area contributed by atoms with Crippen molar-refractivity contribution in [3.8, 4) is 0 Å². The maximum Gasteiger partial charge on any atom is 0.136 e. The van der Waals surface area contributed by atoms with Crippen molar-refractivity contribution in [2.45, 2.75) is 38.5 Å². The highest BCUT2D eigenvalue weighted by atomic mass is 16.1. The van der Waals surface area contributed by atoms with Crippen LogP contribution in [0, 0.1) is 12.8 Å². The van der Waals surface area contributed by atoms with Gasteiger partial charge in [-0.15, -0.1) is 0 Å². The van der Waals surface area contributed by atoms with Crippen LogP contribution < -0.4 is 0 Å². The Kier molecular flexibility index (Phi) is 3.65. The molecule has 0 radical (unpaired) electrons. The molecule has 0 unspecified atom stereocenters. The SMILES string of the molecule is Cc1ccc(C2=Cc3ccccc3[C@H]2[C@@H]2CCCCC2=O)cc1. The molecule has 2 aromatic carbocycles. The molecule has 0 bridgehead atoms. The van der Waals surface area contributed by atoms with Gasteiger partial charge in [-0.2, -0.15) is 0 Å². The van der Waals surface area contributed by atoms with Crippen molar-refractivity contribution in [2.24, 2.45) is 5.92 Å². The van der Waals surface area contributed by atoms with E-state index in [9.17, 15) is 4.79 Å². The zero-order valence-corrected chi connectivity index (χ0v) is 13.6. The van der Waals surface area contributed by atoms with E-state index in [0.29, 0.717) is 5.78 Å². The molecule has 0 spiro atoms. The molecule has 0 heterocycles. The molecule has 4 rings (SSSR count). The second-order valence-electron chi connectivity index (χ2n) is 6.89. The molecule has 2 aliphatic rings. The normalized spacial score (nSPS) is 23.5. The average Bonchev–Trinajstić information content (AvgIpc) is 2.95. The van der Waals surface area contributed by atoms with Gasteiger partial charge in [0.2, 0.25) is 0 Å². The Morgan fingerprint density at radius 1 is 0.957 bits per heavy atom. The number of carbonyl (C=O) groups is 1. The molecule has 0 aliphatic heterocycles. The van der Waals surface area contributed by atoms with Crippen molar-refractivity contribution in [1.29, 1.82) is 0 Å². The summed E-state index contributed by atoms with van der Waals surface area (Å²) in [4.78, 5) is 12.6. The topological polar surface area (TPSA) is 17.1 Å². The van der Waals surface area contributed by atoms with Crippen molar-refractivity contribution in [3.63, 3.8) is 0 Å². The number of ketones is 1. The first-order valence-electron chi connectivity index (χ1n) is 8.64. The highest BCUT2D eigenvalue weighted by molar-refractivity contribution is 5.96. The van der Waals surface area contributed by atoms with E-state index in [4.69, 9.17) is 0 Å². The third-order valence-electron chi connectivity index (χ3n) is 5.37. The molecule has 116 valence electrons. The molecule has 1 heteroatoms. The lowest BCUT2D eigenvalue weighted by molar-refractivity contribution is -0.124. The van der Waals surface area contributed by atoms with E-state index in [1.807, 2.05) is 0 Å². The average molecular weight is 302 g/mol. The highest BCUT2D eigenvalue weighted by Gasteiger charge is 2.37. The zero-order valence-electron chi connectivity index (χ0n) is 13.6. The van der Waals surface area contributed by atoms with Crippen LogP contribution in [0.15, 0.2) is 48.5 Å². The van der Waals surface area contributed by atoms with Crippen molar-refractivity contribution >= 4 is 17.4 Å². The molecule has 2 atom stereocenters. The molecule has 0 aromatic heterocycles. The number of carbonyl (C=O) groups excluding carboxylic acids is 1. The Balaban J connectivity index is 1.80. The fourth-order valence-corrected chi connectivity index (χ4v) is 4.16. The van der Waals surface area contributed by atoms with Gasteiger partial charge in [0.25, 0.3) is 0 Å². The van der Waals surface area contributed by atoms with E-state index in [1.165, 1.54) is 34.2 Å². The predicted molar refractivity (Wildman–Crippen MR) is 95.2 cm³/mol. The van der Waals surface area contributed by atoms with Gasteiger partial charge in [0.1, 0.15) is 5.78 Å². The largest absolute Gasteiger partial charge is 0.299 e. The van der Waals surface area contributed by atoms with Crippen LogP contribution in [0.25, 0.3) is 11.6 Å². The minimum absolute atomic E-state index is 0.153. The first-order chi connectivity index (χ1) is 11.2. The first kappa shape index (κ1) is 14.4. The highest BCUT2D eigenvalue weighted by Crippen LogP contribution is 2.49. The maximum absolute atomic E-state index is 12.6. The third kappa shape index (κ3) is 2.55. The van der Waals surface area contributed by atoms with Gasteiger partial charge in [0.15, 0.2) is 0 Å². The van der Waals surface area contributed by atoms with Crippen LogP contribution in [0.2, 0.25) is 0 Å². The number of fused-ring (bicyclic) bond motifs is 1. The number of benzene rings is 2. The van der Waals surface area contributed by atoms with Gasteiger partial charge in [-0.05, 0) is 42.0 Å². The summed E-state index contributed by atoms with van der Waals surface area (Å²) >= 11 is 0. The fourth-order valence-electron chi connectivity index (χ4n) is 4.16. The van der Waals surface area contributed by atoms with Crippen LogP contribution in [-0.2, 0) is 4.79 Å². The second-order valence-corrected chi connectivity index (χ2v) is 6.89. The Labute approximate surface area is 138 Å². The summed E-state index contributed by atoms with van der Waals surface area (Å²) in [6.45, 7) is 2.11.